The Morgan fingerprint density at radius 1 is 1.53 bits per heavy atom. The highest BCUT2D eigenvalue weighted by molar-refractivity contribution is 9.10. The van der Waals surface area contributed by atoms with Crippen LogP contribution < -0.4 is 5.32 Å². The van der Waals surface area contributed by atoms with E-state index >= 15 is 0 Å². The van der Waals surface area contributed by atoms with Crippen molar-refractivity contribution in [3.05, 3.63) is 52.5 Å². The minimum absolute atomic E-state index is 0.0919. The highest BCUT2D eigenvalue weighted by Crippen LogP contribution is 2.16. The zero-order chi connectivity index (χ0) is 13.8. The third-order valence-corrected chi connectivity index (χ3v) is 3.35. The van der Waals surface area contributed by atoms with E-state index in [1.54, 1.807) is 6.20 Å². The van der Waals surface area contributed by atoms with Crippen LogP contribution >= 0.6 is 15.9 Å². The maximum atomic E-state index is 12.2. The standard InChI is InChI=1S/C14H16BrN3O/c1-3-18-9-11(15)8-13(18)14(19)17-10(2)12-6-4-5-7-16-12/h4-10H,3H2,1-2H3,(H,17,19). The van der Waals surface area contributed by atoms with Gasteiger partial charge in [-0.25, -0.2) is 0 Å². The number of aromatic nitrogens is 2. The van der Waals surface area contributed by atoms with Gasteiger partial charge in [-0.05, 0) is 48.0 Å². The number of aryl methyl sites for hydroxylation is 1. The van der Waals surface area contributed by atoms with E-state index in [1.807, 2.05) is 48.9 Å². The molecule has 0 fully saturated rings. The molecule has 19 heavy (non-hydrogen) atoms. The lowest BCUT2D eigenvalue weighted by molar-refractivity contribution is 0.0930. The highest BCUT2D eigenvalue weighted by atomic mass is 79.9. The molecule has 0 saturated heterocycles. The summed E-state index contributed by atoms with van der Waals surface area (Å²) in [5.74, 6) is -0.0919. The summed E-state index contributed by atoms with van der Waals surface area (Å²) in [6.07, 6.45) is 3.63. The second-order valence-electron chi connectivity index (χ2n) is 4.28. The molecule has 0 aliphatic carbocycles. The fourth-order valence-electron chi connectivity index (χ4n) is 1.90. The number of halogens is 1. The molecule has 0 aliphatic heterocycles. The van der Waals surface area contributed by atoms with E-state index in [-0.39, 0.29) is 11.9 Å². The Kier molecular flexibility index (Phi) is 4.37. The minimum atomic E-state index is -0.118. The summed E-state index contributed by atoms with van der Waals surface area (Å²) >= 11 is 3.39. The van der Waals surface area contributed by atoms with Gasteiger partial charge >= 0.3 is 0 Å². The maximum absolute atomic E-state index is 12.2. The van der Waals surface area contributed by atoms with Crippen molar-refractivity contribution in [2.24, 2.45) is 0 Å². The van der Waals surface area contributed by atoms with Crippen molar-refractivity contribution < 1.29 is 4.79 Å². The van der Waals surface area contributed by atoms with E-state index in [2.05, 4.69) is 26.2 Å². The number of hydrogen-bond acceptors (Lipinski definition) is 2. The van der Waals surface area contributed by atoms with Crippen molar-refractivity contribution >= 4 is 21.8 Å². The Hall–Kier alpha value is -1.62. The van der Waals surface area contributed by atoms with E-state index in [1.165, 1.54) is 0 Å². The molecule has 4 nitrogen and oxygen atoms in total. The van der Waals surface area contributed by atoms with Gasteiger partial charge in [0.1, 0.15) is 5.69 Å². The zero-order valence-electron chi connectivity index (χ0n) is 10.9. The van der Waals surface area contributed by atoms with Crippen LogP contribution in [0.1, 0.15) is 36.1 Å². The molecule has 0 bridgehead atoms. The van der Waals surface area contributed by atoms with Gasteiger partial charge in [0.25, 0.3) is 5.91 Å². The van der Waals surface area contributed by atoms with Gasteiger partial charge in [0.2, 0.25) is 0 Å². The van der Waals surface area contributed by atoms with E-state index in [0.717, 1.165) is 16.7 Å². The maximum Gasteiger partial charge on any atom is 0.268 e. The molecule has 0 saturated carbocycles. The molecular formula is C14H16BrN3O. The van der Waals surface area contributed by atoms with Gasteiger partial charge in [-0.1, -0.05) is 6.07 Å². The van der Waals surface area contributed by atoms with Crippen LogP contribution in [0.5, 0.6) is 0 Å². The molecule has 0 radical (unpaired) electrons. The Bertz CT molecular complexity index is 565. The first-order chi connectivity index (χ1) is 9.11. The number of carbonyl (C=O) groups excluding carboxylic acids is 1. The van der Waals surface area contributed by atoms with Gasteiger partial charge in [-0.15, -0.1) is 0 Å². The summed E-state index contributed by atoms with van der Waals surface area (Å²) in [6, 6.07) is 7.38. The van der Waals surface area contributed by atoms with Crippen LogP contribution in [0.4, 0.5) is 0 Å². The van der Waals surface area contributed by atoms with Crippen LogP contribution in [-0.2, 0) is 6.54 Å². The minimum Gasteiger partial charge on any atom is -0.343 e. The first-order valence-corrected chi connectivity index (χ1v) is 6.98. The number of rotatable bonds is 4. The van der Waals surface area contributed by atoms with Crippen molar-refractivity contribution in [3.63, 3.8) is 0 Å². The van der Waals surface area contributed by atoms with Crippen LogP contribution in [0.25, 0.3) is 0 Å². The van der Waals surface area contributed by atoms with Crippen molar-refractivity contribution in [2.75, 3.05) is 0 Å². The summed E-state index contributed by atoms with van der Waals surface area (Å²) in [6.45, 7) is 4.69. The van der Waals surface area contributed by atoms with Crippen molar-refractivity contribution in [1.82, 2.24) is 14.9 Å². The molecule has 1 amide bonds. The molecule has 0 spiro atoms. The van der Waals surface area contributed by atoms with Crippen LogP contribution in [0.15, 0.2) is 41.1 Å². The molecule has 1 unspecified atom stereocenters. The van der Waals surface area contributed by atoms with Crippen LogP contribution in [0.2, 0.25) is 0 Å². The zero-order valence-corrected chi connectivity index (χ0v) is 12.5. The van der Waals surface area contributed by atoms with Gasteiger partial charge in [0.15, 0.2) is 0 Å². The van der Waals surface area contributed by atoms with Gasteiger partial charge < -0.3 is 9.88 Å². The van der Waals surface area contributed by atoms with Gasteiger partial charge in [0, 0.05) is 23.4 Å². The number of amides is 1. The average molecular weight is 322 g/mol. The Morgan fingerprint density at radius 3 is 2.95 bits per heavy atom. The summed E-state index contributed by atoms with van der Waals surface area (Å²) in [5.41, 5.74) is 1.50. The molecule has 0 aliphatic rings. The fraction of sp³-hybridized carbons (Fsp3) is 0.286. The van der Waals surface area contributed by atoms with E-state index in [9.17, 15) is 4.79 Å². The Morgan fingerprint density at radius 2 is 2.32 bits per heavy atom. The molecule has 2 aromatic heterocycles. The van der Waals surface area contributed by atoms with Crippen LogP contribution in [-0.4, -0.2) is 15.5 Å². The fourth-order valence-corrected chi connectivity index (χ4v) is 2.37. The molecule has 100 valence electrons. The second kappa shape index (κ2) is 6.02. The van der Waals surface area contributed by atoms with Crippen molar-refractivity contribution in [2.45, 2.75) is 26.4 Å². The van der Waals surface area contributed by atoms with Gasteiger partial charge in [0.05, 0.1) is 11.7 Å². The van der Waals surface area contributed by atoms with E-state index in [4.69, 9.17) is 0 Å². The third kappa shape index (κ3) is 3.23. The van der Waals surface area contributed by atoms with Crippen LogP contribution in [0, 0.1) is 0 Å². The van der Waals surface area contributed by atoms with Crippen molar-refractivity contribution in [1.29, 1.82) is 0 Å². The number of nitrogens with one attached hydrogen (secondary N) is 1. The Labute approximate surface area is 121 Å². The van der Waals surface area contributed by atoms with Crippen LogP contribution in [0.3, 0.4) is 0 Å². The molecule has 2 rings (SSSR count). The predicted molar refractivity (Wildman–Crippen MR) is 77.9 cm³/mol. The second-order valence-corrected chi connectivity index (χ2v) is 5.20. The average Bonchev–Trinajstić information content (AvgIpc) is 2.81. The number of carbonyl (C=O) groups is 1. The lowest BCUT2D eigenvalue weighted by atomic mass is 10.2. The van der Waals surface area contributed by atoms with Gasteiger partial charge in [-0.3, -0.25) is 9.78 Å². The lowest BCUT2D eigenvalue weighted by Crippen LogP contribution is -2.28. The quantitative estimate of drug-likeness (QED) is 0.940. The van der Waals surface area contributed by atoms with Crippen molar-refractivity contribution in [3.8, 4) is 0 Å². The topological polar surface area (TPSA) is 46.9 Å². The summed E-state index contributed by atoms with van der Waals surface area (Å²) in [5, 5.41) is 2.96. The summed E-state index contributed by atoms with van der Waals surface area (Å²) in [4.78, 5) is 16.5. The molecular weight excluding hydrogens is 306 g/mol. The molecule has 1 atom stereocenters. The number of pyridine rings is 1. The molecule has 5 heteroatoms. The smallest absolute Gasteiger partial charge is 0.268 e. The molecule has 2 heterocycles. The van der Waals surface area contributed by atoms with Gasteiger partial charge in [-0.2, -0.15) is 0 Å². The number of hydrogen-bond donors (Lipinski definition) is 1. The summed E-state index contributed by atoms with van der Waals surface area (Å²) < 4.78 is 2.81. The Balaban J connectivity index is 2.13. The predicted octanol–water partition coefficient (Wildman–Crippen LogP) is 3.16. The lowest BCUT2D eigenvalue weighted by Gasteiger charge is -2.14. The first kappa shape index (κ1) is 13.8. The number of nitrogens with zero attached hydrogens (tertiary/aromatic N) is 2. The highest BCUT2D eigenvalue weighted by Gasteiger charge is 2.15. The summed E-state index contributed by atoms with van der Waals surface area (Å²) in [7, 11) is 0. The first-order valence-electron chi connectivity index (χ1n) is 6.19. The van der Waals surface area contributed by atoms with E-state index < -0.39 is 0 Å². The normalized spacial score (nSPS) is 12.2. The molecule has 2 aromatic rings. The van der Waals surface area contributed by atoms with E-state index in [0.29, 0.717) is 5.69 Å². The SMILES string of the molecule is CCn1cc(Br)cc1C(=O)NC(C)c1ccccn1. The largest absolute Gasteiger partial charge is 0.343 e. The molecule has 1 N–H and O–H groups in total. The molecule has 0 aromatic carbocycles. The third-order valence-electron chi connectivity index (χ3n) is 2.92. The monoisotopic (exact) mass is 321 g/mol.